The van der Waals surface area contributed by atoms with E-state index in [1.807, 2.05) is 60.7 Å². The Morgan fingerprint density at radius 2 is 1.27 bits per heavy atom. The predicted molar refractivity (Wildman–Crippen MR) is 127 cm³/mol. The first-order chi connectivity index (χ1) is 15.8. The molecule has 0 aliphatic carbocycles. The van der Waals surface area contributed by atoms with Gasteiger partial charge in [-0.15, -0.1) is 0 Å². The van der Waals surface area contributed by atoms with Gasteiger partial charge in [-0.2, -0.15) is 0 Å². The molecule has 3 amide bonds. The van der Waals surface area contributed by atoms with Crippen molar-refractivity contribution in [2.75, 3.05) is 0 Å². The molecule has 0 aliphatic rings. The molecule has 174 valence electrons. The predicted octanol–water partition coefficient (Wildman–Crippen LogP) is 2.11. The van der Waals surface area contributed by atoms with Crippen LogP contribution in [0.25, 0.3) is 0 Å². The van der Waals surface area contributed by atoms with E-state index in [1.54, 1.807) is 19.9 Å². The van der Waals surface area contributed by atoms with Crippen molar-refractivity contribution < 1.29 is 19.2 Å². The number of rotatable bonds is 11. The summed E-state index contributed by atoms with van der Waals surface area (Å²) in [5.41, 5.74) is 1.79. The van der Waals surface area contributed by atoms with E-state index in [9.17, 15) is 19.2 Å². The van der Waals surface area contributed by atoms with E-state index in [1.165, 1.54) is 13.0 Å². The minimum Gasteiger partial charge on any atom is -0.344 e. The lowest BCUT2D eigenvalue weighted by molar-refractivity contribution is -0.132. The molecule has 7 heteroatoms. The Balaban J connectivity index is 2.05. The Morgan fingerprint density at radius 1 is 0.758 bits per heavy atom. The molecule has 0 saturated carbocycles. The molecule has 0 spiro atoms. The van der Waals surface area contributed by atoms with Crippen LogP contribution >= 0.6 is 0 Å². The van der Waals surface area contributed by atoms with Crippen LogP contribution in [-0.2, 0) is 32.0 Å². The fraction of sp³-hybridized carbons (Fsp3) is 0.308. The van der Waals surface area contributed by atoms with Gasteiger partial charge in [-0.05, 0) is 31.1 Å². The molecule has 2 aromatic carbocycles. The van der Waals surface area contributed by atoms with Gasteiger partial charge in [0.25, 0.3) is 0 Å². The lowest BCUT2D eigenvalue weighted by atomic mass is 10.0. The topological polar surface area (TPSA) is 104 Å². The first kappa shape index (κ1) is 25.5. The number of hydrogen-bond donors (Lipinski definition) is 3. The Labute approximate surface area is 194 Å². The van der Waals surface area contributed by atoms with E-state index in [4.69, 9.17) is 0 Å². The third-order valence-electron chi connectivity index (χ3n) is 5.00. The number of benzene rings is 2. The molecule has 2 rings (SSSR count). The van der Waals surface area contributed by atoms with Gasteiger partial charge in [-0.3, -0.25) is 19.2 Å². The maximum absolute atomic E-state index is 12.8. The van der Waals surface area contributed by atoms with Gasteiger partial charge < -0.3 is 16.0 Å². The van der Waals surface area contributed by atoms with Gasteiger partial charge in [0.1, 0.15) is 12.1 Å². The average Bonchev–Trinajstić information content (AvgIpc) is 2.79. The maximum Gasteiger partial charge on any atom is 0.243 e. The van der Waals surface area contributed by atoms with Crippen molar-refractivity contribution in [3.63, 3.8) is 0 Å². The van der Waals surface area contributed by atoms with Gasteiger partial charge in [0, 0.05) is 19.8 Å². The summed E-state index contributed by atoms with van der Waals surface area (Å²) in [5, 5.41) is 8.03. The van der Waals surface area contributed by atoms with Gasteiger partial charge >= 0.3 is 0 Å². The number of carbonyl (C=O) groups excluding carboxylic acids is 4. The third kappa shape index (κ3) is 8.73. The molecule has 0 bridgehead atoms. The summed E-state index contributed by atoms with van der Waals surface area (Å²) in [6, 6.07) is 16.2. The van der Waals surface area contributed by atoms with Crippen molar-refractivity contribution in [2.45, 2.75) is 51.7 Å². The van der Waals surface area contributed by atoms with Gasteiger partial charge in [0.2, 0.25) is 17.7 Å². The highest BCUT2D eigenvalue weighted by Gasteiger charge is 2.26. The highest BCUT2D eigenvalue weighted by molar-refractivity contribution is 5.98. The fourth-order valence-electron chi connectivity index (χ4n) is 3.33. The number of nitrogens with one attached hydrogen (secondary N) is 3. The molecule has 33 heavy (non-hydrogen) atoms. The van der Waals surface area contributed by atoms with Crippen molar-refractivity contribution in [3.8, 4) is 0 Å². The third-order valence-corrected chi connectivity index (χ3v) is 5.00. The van der Waals surface area contributed by atoms with Crippen molar-refractivity contribution in [2.24, 2.45) is 0 Å². The molecule has 3 atom stereocenters. The fourth-order valence-corrected chi connectivity index (χ4v) is 3.33. The number of ketones is 1. The maximum atomic E-state index is 12.8. The second kappa shape index (κ2) is 13.0. The van der Waals surface area contributed by atoms with Crippen LogP contribution in [0.5, 0.6) is 0 Å². The zero-order chi connectivity index (χ0) is 24.2. The van der Waals surface area contributed by atoms with Crippen molar-refractivity contribution in [3.05, 3.63) is 83.9 Å². The highest BCUT2D eigenvalue weighted by atomic mass is 16.2. The molecule has 0 unspecified atom stereocenters. The molecule has 2 aromatic rings. The SMILES string of the molecule is C/C=C/C(=O)[C@H](Cc1ccccc1)NC(=O)[C@H](C)NC(=O)[C@H](Cc1ccccc1)NC(C)=O. The van der Waals surface area contributed by atoms with Crippen LogP contribution in [0.3, 0.4) is 0 Å². The largest absolute Gasteiger partial charge is 0.344 e. The minimum absolute atomic E-state index is 0.228. The van der Waals surface area contributed by atoms with Crippen LogP contribution < -0.4 is 16.0 Å². The summed E-state index contributed by atoms with van der Waals surface area (Å²) in [4.78, 5) is 49.8. The molecule has 0 heterocycles. The molecular formula is C26H31N3O4. The van der Waals surface area contributed by atoms with Crippen LogP contribution in [0.15, 0.2) is 72.8 Å². The van der Waals surface area contributed by atoms with Gasteiger partial charge in [0.15, 0.2) is 5.78 Å². The highest BCUT2D eigenvalue weighted by Crippen LogP contribution is 2.07. The van der Waals surface area contributed by atoms with Crippen molar-refractivity contribution in [1.29, 1.82) is 0 Å². The first-order valence-electron chi connectivity index (χ1n) is 10.9. The Bertz CT molecular complexity index is 974. The standard InChI is InChI=1S/C26H31N3O4/c1-4-11-24(31)22(16-20-12-7-5-8-13-20)29-25(32)18(2)27-26(33)23(28-19(3)30)17-21-14-9-6-10-15-21/h4-15,18,22-23H,16-17H2,1-3H3,(H,27,33)(H,28,30)(H,29,32)/b11-4+/t18-,22-,23-/m0/s1. The van der Waals surface area contributed by atoms with E-state index in [-0.39, 0.29) is 18.1 Å². The second-order valence-electron chi connectivity index (χ2n) is 7.83. The summed E-state index contributed by atoms with van der Waals surface area (Å²) >= 11 is 0. The zero-order valence-corrected chi connectivity index (χ0v) is 19.2. The molecule has 0 aliphatic heterocycles. The summed E-state index contributed by atoms with van der Waals surface area (Å²) < 4.78 is 0. The number of carbonyl (C=O) groups is 4. The molecule has 0 saturated heterocycles. The van der Waals surface area contributed by atoms with E-state index >= 15 is 0 Å². The normalized spacial score (nSPS) is 13.5. The van der Waals surface area contributed by atoms with Crippen LogP contribution in [0.4, 0.5) is 0 Å². The monoisotopic (exact) mass is 449 g/mol. The lowest BCUT2D eigenvalue weighted by Gasteiger charge is -2.23. The molecule has 7 nitrogen and oxygen atoms in total. The Hall–Kier alpha value is -3.74. The molecule has 0 aromatic heterocycles. The first-order valence-corrected chi connectivity index (χ1v) is 10.9. The molecule has 3 N–H and O–H groups in total. The lowest BCUT2D eigenvalue weighted by Crippen LogP contribution is -2.55. The van der Waals surface area contributed by atoms with Crippen LogP contribution in [0.2, 0.25) is 0 Å². The van der Waals surface area contributed by atoms with E-state index in [2.05, 4.69) is 16.0 Å². The summed E-state index contributed by atoms with van der Waals surface area (Å²) in [6.45, 7) is 4.61. The van der Waals surface area contributed by atoms with Crippen molar-refractivity contribution in [1.82, 2.24) is 16.0 Å². The van der Waals surface area contributed by atoms with E-state index in [0.717, 1.165) is 11.1 Å². The average molecular weight is 450 g/mol. The number of hydrogen-bond acceptors (Lipinski definition) is 4. The second-order valence-corrected chi connectivity index (χ2v) is 7.83. The van der Waals surface area contributed by atoms with Gasteiger partial charge in [-0.1, -0.05) is 66.7 Å². The molecule has 0 fully saturated rings. The molecule has 0 radical (unpaired) electrons. The van der Waals surface area contributed by atoms with E-state index in [0.29, 0.717) is 6.42 Å². The summed E-state index contributed by atoms with van der Waals surface area (Å²) in [5.74, 6) is -1.53. The molecular weight excluding hydrogens is 418 g/mol. The summed E-state index contributed by atoms with van der Waals surface area (Å²) in [6.07, 6.45) is 3.67. The summed E-state index contributed by atoms with van der Waals surface area (Å²) in [7, 11) is 0. The number of allylic oxidation sites excluding steroid dienone is 1. The zero-order valence-electron chi connectivity index (χ0n) is 19.2. The van der Waals surface area contributed by atoms with Crippen LogP contribution in [-0.4, -0.2) is 41.6 Å². The van der Waals surface area contributed by atoms with Crippen molar-refractivity contribution >= 4 is 23.5 Å². The Morgan fingerprint density at radius 3 is 1.76 bits per heavy atom. The Kier molecular flexibility index (Phi) is 10.0. The van der Waals surface area contributed by atoms with Gasteiger partial charge in [0.05, 0.1) is 6.04 Å². The number of amides is 3. The minimum atomic E-state index is -0.902. The van der Waals surface area contributed by atoms with Crippen LogP contribution in [0.1, 0.15) is 31.9 Å². The van der Waals surface area contributed by atoms with Crippen LogP contribution in [0, 0.1) is 0 Å². The van der Waals surface area contributed by atoms with E-state index < -0.39 is 29.9 Å². The van der Waals surface area contributed by atoms with Gasteiger partial charge in [-0.25, -0.2) is 0 Å². The smallest absolute Gasteiger partial charge is 0.243 e. The quantitative estimate of drug-likeness (QED) is 0.457.